The van der Waals surface area contributed by atoms with E-state index >= 15 is 0 Å². The van der Waals surface area contributed by atoms with E-state index in [1.165, 1.54) is 0 Å². The highest BCUT2D eigenvalue weighted by atomic mass is 32.1. The van der Waals surface area contributed by atoms with Crippen molar-refractivity contribution in [3.8, 4) is 5.75 Å². The molecular formula is C15H17N3O2S. The number of ether oxygens (including phenoxy) is 1. The Balaban J connectivity index is 1.83. The normalized spacial score (nSPS) is 10.3. The van der Waals surface area contributed by atoms with Crippen molar-refractivity contribution in [3.63, 3.8) is 0 Å². The van der Waals surface area contributed by atoms with Crippen LogP contribution in [0.2, 0.25) is 0 Å². The minimum atomic E-state index is -0.235. The molecule has 0 spiro atoms. The molecule has 2 rings (SSSR count). The third-order valence-electron chi connectivity index (χ3n) is 2.93. The molecule has 1 aromatic carbocycles. The van der Waals surface area contributed by atoms with Crippen LogP contribution in [0.3, 0.4) is 0 Å². The quantitative estimate of drug-likeness (QED) is 0.649. The highest BCUT2D eigenvalue weighted by molar-refractivity contribution is 7.80. The van der Waals surface area contributed by atoms with E-state index in [1.807, 2.05) is 31.2 Å². The molecule has 0 radical (unpaired) electrons. The molecule has 0 aliphatic rings. The fourth-order valence-electron chi connectivity index (χ4n) is 1.87. The summed E-state index contributed by atoms with van der Waals surface area (Å²) in [6, 6.07) is 7.31. The number of hydrogen-bond donors (Lipinski definition) is 1. The van der Waals surface area contributed by atoms with Crippen molar-refractivity contribution in [1.29, 1.82) is 0 Å². The Hall–Kier alpha value is -2.21. The maximum Gasteiger partial charge on any atom is 0.347 e. The van der Waals surface area contributed by atoms with Gasteiger partial charge in [-0.05, 0) is 43.2 Å². The summed E-state index contributed by atoms with van der Waals surface area (Å²) in [4.78, 5) is 15.7. The molecule has 1 aromatic heterocycles. The van der Waals surface area contributed by atoms with Gasteiger partial charge in [0.15, 0.2) is 0 Å². The number of hydrogen-bond acceptors (Lipinski definition) is 4. The van der Waals surface area contributed by atoms with Crippen molar-refractivity contribution < 1.29 is 4.74 Å². The van der Waals surface area contributed by atoms with Crippen LogP contribution >= 0.6 is 12.2 Å². The molecule has 0 bridgehead atoms. The maximum absolute atomic E-state index is 11.5. The summed E-state index contributed by atoms with van der Waals surface area (Å²) in [5.41, 5.74) is 7.07. The zero-order valence-corrected chi connectivity index (χ0v) is 12.6. The lowest BCUT2D eigenvalue weighted by Crippen LogP contribution is -2.23. The largest absolute Gasteiger partial charge is 0.494 e. The molecule has 0 fully saturated rings. The molecule has 110 valence electrons. The van der Waals surface area contributed by atoms with Crippen molar-refractivity contribution >= 4 is 17.2 Å². The van der Waals surface area contributed by atoms with Crippen LogP contribution in [0.25, 0.3) is 0 Å². The third-order valence-corrected chi connectivity index (χ3v) is 3.17. The van der Waals surface area contributed by atoms with Gasteiger partial charge in [0.25, 0.3) is 0 Å². The SMILES string of the molecule is Cc1cnc(=O)n(CCCOc2ccc(C(N)=S)cc2)c1. The Morgan fingerprint density at radius 1 is 1.38 bits per heavy atom. The lowest BCUT2D eigenvalue weighted by Gasteiger charge is -2.08. The van der Waals surface area contributed by atoms with E-state index < -0.39 is 0 Å². The summed E-state index contributed by atoms with van der Waals surface area (Å²) >= 11 is 4.89. The summed E-state index contributed by atoms with van der Waals surface area (Å²) in [7, 11) is 0. The molecule has 2 aromatic rings. The number of nitrogens with two attached hydrogens (primary N) is 1. The second-order valence-electron chi connectivity index (χ2n) is 4.70. The van der Waals surface area contributed by atoms with Gasteiger partial charge >= 0.3 is 5.69 Å². The fourth-order valence-corrected chi connectivity index (χ4v) is 2.00. The molecule has 5 nitrogen and oxygen atoms in total. The van der Waals surface area contributed by atoms with Gasteiger partial charge in [0, 0.05) is 24.5 Å². The molecular weight excluding hydrogens is 286 g/mol. The first-order chi connectivity index (χ1) is 10.1. The van der Waals surface area contributed by atoms with E-state index in [9.17, 15) is 4.79 Å². The average molecular weight is 303 g/mol. The van der Waals surface area contributed by atoms with Crippen molar-refractivity contribution in [2.45, 2.75) is 19.9 Å². The Morgan fingerprint density at radius 3 is 2.76 bits per heavy atom. The van der Waals surface area contributed by atoms with Crippen LogP contribution in [0, 0.1) is 6.92 Å². The minimum Gasteiger partial charge on any atom is -0.494 e. The Morgan fingerprint density at radius 2 is 2.10 bits per heavy atom. The second-order valence-corrected chi connectivity index (χ2v) is 5.14. The zero-order chi connectivity index (χ0) is 15.2. The van der Waals surface area contributed by atoms with Crippen molar-refractivity contribution in [3.05, 3.63) is 58.3 Å². The number of aryl methyl sites for hydroxylation is 2. The van der Waals surface area contributed by atoms with Gasteiger partial charge in [-0.1, -0.05) is 12.2 Å². The third kappa shape index (κ3) is 4.39. The van der Waals surface area contributed by atoms with E-state index in [2.05, 4.69) is 4.98 Å². The first-order valence-electron chi connectivity index (χ1n) is 6.62. The molecule has 2 N–H and O–H groups in total. The van der Waals surface area contributed by atoms with Crippen LogP contribution in [0.4, 0.5) is 0 Å². The van der Waals surface area contributed by atoms with Crippen LogP contribution in [0.15, 0.2) is 41.5 Å². The molecule has 0 saturated carbocycles. The van der Waals surface area contributed by atoms with E-state index in [4.69, 9.17) is 22.7 Å². The van der Waals surface area contributed by atoms with Gasteiger partial charge in [-0.3, -0.25) is 4.57 Å². The van der Waals surface area contributed by atoms with E-state index in [0.717, 1.165) is 23.3 Å². The summed E-state index contributed by atoms with van der Waals surface area (Å²) in [6.45, 7) is 3.01. The number of rotatable bonds is 6. The summed E-state index contributed by atoms with van der Waals surface area (Å²) < 4.78 is 7.20. The second kappa shape index (κ2) is 6.99. The Kier molecular flexibility index (Phi) is 5.05. The number of nitrogens with zero attached hydrogens (tertiary/aromatic N) is 2. The highest BCUT2D eigenvalue weighted by Gasteiger charge is 2.00. The van der Waals surface area contributed by atoms with Gasteiger partial charge in [0.05, 0.1) is 6.61 Å². The van der Waals surface area contributed by atoms with Crippen LogP contribution in [-0.4, -0.2) is 21.1 Å². The topological polar surface area (TPSA) is 70.1 Å². The minimum absolute atomic E-state index is 0.235. The van der Waals surface area contributed by atoms with Crippen LogP contribution in [0.5, 0.6) is 5.75 Å². The fraction of sp³-hybridized carbons (Fsp3) is 0.267. The van der Waals surface area contributed by atoms with Crippen molar-refractivity contribution in [2.75, 3.05) is 6.61 Å². The summed E-state index contributed by atoms with van der Waals surface area (Å²) in [5, 5.41) is 0. The maximum atomic E-state index is 11.5. The molecule has 0 unspecified atom stereocenters. The van der Waals surface area contributed by atoms with Gasteiger partial charge < -0.3 is 10.5 Å². The van der Waals surface area contributed by atoms with Crippen LogP contribution in [0.1, 0.15) is 17.5 Å². The first kappa shape index (κ1) is 15.2. The smallest absolute Gasteiger partial charge is 0.347 e. The Labute approximate surface area is 128 Å². The molecule has 0 aliphatic carbocycles. The molecule has 6 heteroatoms. The predicted molar refractivity (Wildman–Crippen MR) is 85.7 cm³/mol. The van der Waals surface area contributed by atoms with Gasteiger partial charge in [0.2, 0.25) is 0 Å². The monoisotopic (exact) mass is 303 g/mol. The molecule has 0 amide bonds. The number of thiocarbonyl (C=S) groups is 1. The standard InChI is InChI=1S/C15H17N3O2S/c1-11-9-17-15(19)18(10-11)7-2-8-20-13-5-3-12(4-6-13)14(16)21/h3-6,9-10H,2,7-8H2,1H3,(H2,16,21). The van der Waals surface area contributed by atoms with E-state index in [-0.39, 0.29) is 5.69 Å². The highest BCUT2D eigenvalue weighted by Crippen LogP contribution is 2.12. The van der Waals surface area contributed by atoms with Gasteiger partial charge in [0.1, 0.15) is 10.7 Å². The molecule has 1 heterocycles. The number of aromatic nitrogens is 2. The van der Waals surface area contributed by atoms with Crippen LogP contribution in [-0.2, 0) is 6.54 Å². The Bertz CT molecular complexity index is 680. The van der Waals surface area contributed by atoms with Crippen LogP contribution < -0.4 is 16.2 Å². The summed E-state index contributed by atoms with van der Waals surface area (Å²) in [5.74, 6) is 0.754. The van der Waals surface area contributed by atoms with Gasteiger partial charge in [-0.15, -0.1) is 0 Å². The number of benzene rings is 1. The van der Waals surface area contributed by atoms with Gasteiger partial charge in [-0.2, -0.15) is 0 Å². The molecule has 0 atom stereocenters. The van der Waals surface area contributed by atoms with E-state index in [0.29, 0.717) is 18.1 Å². The zero-order valence-electron chi connectivity index (χ0n) is 11.8. The average Bonchev–Trinajstić information content (AvgIpc) is 2.47. The van der Waals surface area contributed by atoms with E-state index in [1.54, 1.807) is 17.0 Å². The van der Waals surface area contributed by atoms with Gasteiger partial charge in [-0.25, -0.2) is 9.78 Å². The molecule has 0 aliphatic heterocycles. The summed E-state index contributed by atoms with van der Waals surface area (Å²) in [6.07, 6.45) is 4.09. The first-order valence-corrected chi connectivity index (χ1v) is 7.03. The van der Waals surface area contributed by atoms with Crippen molar-refractivity contribution in [2.24, 2.45) is 5.73 Å². The van der Waals surface area contributed by atoms with Crippen molar-refractivity contribution in [1.82, 2.24) is 9.55 Å². The predicted octanol–water partition coefficient (Wildman–Crippen LogP) is 1.66. The molecule has 21 heavy (non-hydrogen) atoms. The lowest BCUT2D eigenvalue weighted by molar-refractivity contribution is 0.300. The lowest BCUT2D eigenvalue weighted by atomic mass is 10.2. The molecule has 0 saturated heterocycles.